The molecule has 1 aromatic heterocycles. The molecular formula is C16H22F3N3O2. The number of rotatable bonds is 1. The molecule has 0 saturated carbocycles. The fourth-order valence-electron chi connectivity index (χ4n) is 2.53. The second kappa shape index (κ2) is 6.49. The van der Waals surface area contributed by atoms with Crippen LogP contribution in [0.5, 0.6) is 0 Å². The zero-order valence-corrected chi connectivity index (χ0v) is 14.2. The highest BCUT2D eigenvalue weighted by molar-refractivity contribution is 5.69. The number of ether oxygens (including phenoxy) is 1. The summed E-state index contributed by atoms with van der Waals surface area (Å²) in [7, 11) is 0. The average Bonchev–Trinajstić information content (AvgIpc) is 2.44. The number of pyridine rings is 1. The number of carbonyl (C=O) groups is 1. The Labute approximate surface area is 139 Å². The molecule has 8 heteroatoms. The van der Waals surface area contributed by atoms with Crippen molar-refractivity contribution in [3.05, 3.63) is 23.9 Å². The molecule has 1 aliphatic rings. The molecule has 0 unspecified atom stereocenters. The van der Waals surface area contributed by atoms with Gasteiger partial charge in [0.15, 0.2) is 0 Å². The van der Waals surface area contributed by atoms with Crippen LogP contribution < -0.4 is 4.90 Å². The standard InChI is InChI=1S/C16H22F3N3O2/c1-11-10-21(7-8-22(11)14(23)24-15(2,3)4)13-9-12(5-6-20-13)16(17,18)19/h5-6,9,11H,7-8,10H2,1-4H3/t11-/m1/s1. The molecule has 0 bridgehead atoms. The van der Waals surface area contributed by atoms with E-state index in [1.54, 1.807) is 30.6 Å². The third kappa shape index (κ3) is 4.52. The lowest BCUT2D eigenvalue weighted by molar-refractivity contribution is -0.137. The molecule has 2 heterocycles. The van der Waals surface area contributed by atoms with Gasteiger partial charge in [-0.25, -0.2) is 9.78 Å². The molecule has 0 aliphatic carbocycles. The molecular weight excluding hydrogens is 323 g/mol. The third-order valence-corrected chi connectivity index (χ3v) is 3.65. The molecule has 1 saturated heterocycles. The highest BCUT2D eigenvalue weighted by Crippen LogP contribution is 2.31. The first-order valence-corrected chi connectivity index (χ1v) is 7.75. The van der Waals surface area contributed by atoms with Gasteiger partial charge in [-0.05, 0) is 39.8 Å². The summed E-state index contributed by atoms with van der Waals surface area (Å²) < 4.78 is 43.8. The normalized spacial score (nSPS) is 19.4. The summed E-state index contributed by atoms with van der Waals surface area (Å²) in [5.41, 5.74) is -1.31. The minimum absolute atomic E-state index is 0.190. The number of hydrogen-bond acceptors (Lipinski definition) is 4. The molecule has 1 atom stereocenters. The number of piperazine rings is 1. The molecule has 1 fully saturated rings. The van der Waals surface area contributed by atoms with E-state index in [4.69, 9.17) is 4.74 Å². The SMILES string of the molecule is C[C@@H]1CN(c2cc(C(F)(F)F)ccn2)CCN1C(=O)OC(C)(C)C. The summed E-state index contributed by atoms with van der Waals surface area (Å²) in [4.78, 5) is 19.5. The summed E-state index contributed by atoms with van der Waals surface area (Å²) in [6.45, 7) is 8.37. The summed E-state index contributed by atoms with van der Waals surface area (Å²) in [5.74, 6) is 0.264. The van der Waals surface area contributed by atoms with Crippen LogP contribution >= 0.6 is 0 Å². The number of anilines is 1. The predicted octanol–water partition coefficient (Wildman–Crippen LogP) is 3.55. The van der Waals surface area contributed by atoms with Gasteiger partial charge in [0.2, 0.25) is 0 Å². The van der Waals surface area contributed by atoms with Gasteiger partial charge in [-0.1, -0.05) is 0 Å². The van der Waals surface area contributed by atoms with Gasteiger partial charge in [0.1, 0.15) is 11.4 Å². The minimum atomic E-state index is -4.40. The lowest BCUT2D eigenvalue weighted by Gasteiger charge is -2.40. The van der Waals surface area contributed by atoms with Crippen molar-refractivity contribution in [3.8, 4) is 0 Å². The third-order valence-electron chi connectivity index (χ3n) is 3.65. The lowest BCUT2D eigenvalue weighted by Crippen LogP contribution is -2.55. The van der Waals surface area contributed by atoms with E-state index in [-0.39, 0.29) is 11.9 Å². The smallest absolute Gasteiger partial charge is 0.416 e. The first-order chi connectivity index (χ1) is 11.0. The van der Waals surface area contributed by atoms with Crippen LogP contribution in [-0.2, 0) is 10.9 Å². The Bertz CT molecular complexity index is 599. The van der Waals surface area contributed by atoms with Crippen molar-refractivity contribution < 1.29 is 22.7 Å². The maximum absolute atomic E-state index is 12.8. The van der Waals surface area contributed by atoms with Crippen molar-refractivity contribution in [2.45, 2.75) is 45.5 Å². The van der Waals surface area contributed by atoms with Gasteiger partial charge >= 0.3 is 12.3 Å². The van der Waals surface area contributed by atoms with Crippen molar-refractivity contribution >= 4 is 11.9 Å². The van der Waals surface area contributed by atoms with Gasteiger partial charge in [0, 0.05) is 31.9 Å². The Kier molecular flexibility index (Phi) is 4.96. The second-order valence-electron chi connectivity index (χ2n) is 6.87. The number of nitrogens with zero attached hydrogens (tertiary/aromatic N) is 3. The van der Waals surface area contributed by atoms with Crippen LogP contribution in [0.1, 0.15) is 33.3 Å². The summed E-state index contributed by atoms with van der Waals surface area (Å²) in [5, 5.41) is 0. The van der Waals surface area contributed by atoms with Crippen LogP contribution in [0, 0.1) is 0 Å². The predicted molar refractivity (Wildman–Crippen MR) is 83.9 cm³/mol. The maximum atomic E-state index is 12.8. The number of carbonyl (C=O) groups excluding carboxylic acids is 1. The summed E-state index contributed by atoms with van der Waals surface area (Å²) in [6, 6.07) is 1.80. The molecule has 1 aromatic rings. The molecule has 1 amide bonds. The summed E-state index contributed by atoms with van der Waals surface area (Å²) in [6.07, 6.45) is -3.66. The Morgan fingerprint density at radius 3 is 2.50 bits per heavy atom. The Balaban J connectivity index is 2.07. The summed E-state index contributed by atoms with van der Waals surface area (Å²) >= 11 is 0. The van der Waals surface area contributed by atoms with Crippen molar-refractivity contribution in [1.29, 1.82) is 0 Å². The first kappa shape index (κ1) is 18.4. The topological polar surface area (TPSA) is 45.7 Å². The Hall–Kier alpha value is -1.99. The van der Waals surface area contributed by atoms with Crippen molar-refractivity contribution in [1.82, 2.24) is 9.88 Å². The van der Waals surface area contributed by atoms with Crippen molar-refractivity contribution in [2.75, 3.05) is 24.5 Å². The molecule has 1 aliphatic heterocycles. The monoisotopic (exact) mass is 345 g/mol. The highest BCUT2D eigenvalue weighted by Gasteiger charge is 2.34. The van der Waals surface area contributed by atoms with Crippen molar-refractivity contribution in [3.63, 3.8) is 0 Å². The van der Waals surface area contributed by atoms with Crippen molar-refractivity contribution in [2.24, 2.45) is 0 Å². The number of alkyl halides is 3. The zero-order chi connectivity index (χ0) is 18.1. The fourth-order valence-corrected chi connectivity index (χ4v) is 2.53. The first-order valence-electron chi connectivity index (χ1n) is 7.75. The van der Waals surface area contributed by atoms with Gasteiger partial charge in [0.25, 0.3) is 0 Å². The lowest BCUT2D eigenvalue weighted by atomic mass is 10.1. The van der Waals surface area contributed by atoms with E-state index < -0.39 is 23.4 Å². The molecule has 24 heavy (non-hydrogen) atoms. The number of halogens is 3. The number of aromatic nitrogens is 1. The molecule has 2 rings (SSSR count). The van der Waals surface area contributed by atoms with Gasteiger partial charge < -0.3 is 14.5 Å². The molecule has 0 radical (unpaired) electrons. The molecule has 0 spiro atoms. The van der Waals surface area contributed by atoms with Crippen LogP contribution in [0.15, 0.2) is 18.3 Å². The maximum Gasteiger partial charge on any atom is 0.416 e. The number of hydrogen-bond donors (Lipinski definition) is 0. The van der Waals surface area contributed by atoms with Crippen LogP contribution in [0.2, 0.25) is 0 Å². The van der Waals surface area contributed by atoms with E-state index in [9.17, 15) is 18.0 Å². The Morgan fingerprint density at radius 1 is 1.29 bits per heavy atom. The number of amides is 1. The largest absolute Gasteiger partial charge is 0.444 e. The van der Waals surface area contributed by atoms with E-state index in [1.807, 2.05) is 6.92 Å². The van der Waals surface area contributed by atoms with Crippen LogP contribution in [0.4, 0.5) is 23.8 Å². The minimum Gasteiger partial charge on any atom is -0.444 e. The molecule has 134 valence electrons. The molecule has 5 nitrogen and oxygen atoms in total. The fraction of sp³-hybridized carbons (Fsp3) is 0.625. The van der Waals surface area contributed by atoms with Gasteiger partial charge in [0.05, 0.1) is 5.56 Å². The highest BCUT2D eigenvalue weighted by atomic mass is 19.4. The Morgan fingerprint density at radius 2 is 1.96 bits per heavy atom. The molecule has 0 aromatic carbocycles. The van der Waals surface area contributed by atoms with E-state index in [0.29, 0.717) is 19.6 Å². The van der Waals surface area contributed by atoms with E-state index in [0.717, 1.165) is 18.3 Å². The van der Waals surface area contributed by atoms with Gasteiger partial charge in [-0.2, -0.15) is 13.2 Å². The van der Waals surface area contributed by atoms with Gasteiger partial charge in [-0.3, -0.25) is 0 Å². The van der Waals surface area contributed by atoms with Crippen LogP contribution in [0.3, 0.4) is 0 Å². The quantitative estimate of drug-likeness (QED) is 0.781. The van der Waals surface area contributed by atoms with E-state index in [2.05, 4.69) is 4.98 Å². The zero-order valence-electron chi connectivity index (χ0n) is 14.2. The van der Waals surface area contributed by atoms with E-state index in [1.165, 1.54) is 0 Å². The van der Waals surface area contributed by atoms with E-state index >= 15 is 0 Å². The average molecular weight is 345 g/mol. The van der Waals surface area contributed by atoms with Crippen LogP contribution in [0.25, 0.3) is 0 Å². The molecule has 0 N–H and O–H groups in total. The van der Waals surface area contributed by atoms with Crippen LogP contribution in [-0.4, -0.2) is 47.3 Å². The van der Waals surface area contributed by atoms with Gasteiger partial charge in [-0.15, -0.1) is 0 Å². The second-order valence-corrected chi connectivity index (χ2v) is 6.87.